The average molecular weight is 337 g/mol. The molecule has 2 aromatic rings. The van der Waals surface area contributed by atoms with Crippen LogP contribution in [0, 0.1) is 13.8 Å². The van der Waals surface area contributed by atoms with Gasteiger partial charge in [-0.15, -0.1) is 0 Å². The van der Waals surface area contributed by atoms with E-state index in [4.69, 9.17) is 0 Å². The number of carbonyl (C=O) groups excluding carboxylic acids is 1. The molecule has 1 aromatic carbocycles. The third-order valence-electron chi connectivity index (χ3n) is 5.80. The van der Waals surface area contributed by atoms with Crippen molar-refractivity contribution in [1.29, 1.82) is 0 Å². The molecule has 0 spiro atoms. The van der Waals surface area contributed by atoms with Crippen molar-refractivity contribution in [3.63, 3.8) is 0 Å². The minimum absolute atomic E-state index is 0.155. The van der Waals surface area contributed by atoms with Crippen LogP contribution in [0.25, 0.3) is 10.9 Å². The lowest BCUT2D eigenvalue weighted by molar-refractivity contribution is 0.00223. The third-order valence-corrected chi connectivity index (χ3v) is 5.80. The fourth-order valence-corrected chi connectivity index (χ4v) is 4.31. The molecule has 2 aliphatic heterocycles. The van der Waals surface area contributed by atoms with Crippen LogP contribution in [0.15, 0.2) is 24.3 Å². The van der Waals surface area contributed by atoms with Crippen molar-refractivity contribution < 1.29 is 4.79 Å². The summed E-state index contributed by atoms with van der Waals surface area (Å²) in [6.07, 6.45) is 3.93. The fourth-order valence-electron chi connectivity index (χ4n) is 4.31. The SMILES string of the molecule is Cc1ccc2nc(C)cc(C(=O)N3CC(N4CCCC[C@@H]4C)C3)c2c1. The number of amides is 1. The Bertz CT molecular complexity index is 810. The van der Waals surface area contributed by atoms with Crippen molar-refractivity contribution in [3.8, 4) is 0 Å². The van der Waals surface area contributed by atoms with E-state index in [0.29, 0.717) is 12.1 Å². The number of likely N-dealkylation sites (tertiary alicyclic amines) is 2. The van der Waals surface area contributed by atoms with Crippen molar-refractivity contribution in [2.75, 3.05) is 19.6 Å². The standard InChI is InChI=1S/C21H27N3O/c1-14-7-8-20-18(10-14)19(11-15(2)22-20)21(25)23-12-17(13-23)24-9-5-4-6-16(24)3/h7-8,10-11,16-17H,4-6,9,12-13H2,1-3H3/t16-/m0/s1. The minimum atomic E-state index is 0.155. The molecule has 1 aromatic heterocycles. The van der Waals surface area contributed by atoms with E-state index in [9.17, 15) is 4.79 Å². The van der Waals surface area contributed by atoms with Gasteiger partial charge in [0.25, 0.3) is 5.91 Å². The number of hydrogen-bond acceptors (Lipinski definition) is 3. The number of fused-ring (bicyclic) bond motifs is 1. The van der Waals surface area contributed by atoms with Crippen LogP contribution >= 0.6 is 0 Å². The number of aromatic nitrogens is 1. The highest BCUT2D eigenvalue weighted by Crippen LogP contribution is 2.27. The van der Waals surface area contributed by atoms with E-state index < -0.39 is 0 Å². The van der Waals surface area contributed by atoms with E-state index in [1.54, 1.807) is 0 Å². The Hall–Kier alpha value is -1.94. The summed E-state index contributed by atoms with van der Waals surface area (Å²) in [5, 5.41) is 0.977. The highest BCUT2D eigenvalue weighted by Gasteiger charge is 2.38. The van der Waals surface area contributed by atoms with Gasteiger partial charge in [0.05, 0.1) is 11.1 Å². The molecule has 4 rings (SSSR count). The molecule has 0 unspecified atom stereocenters. The van der Waals surface area contributed by atoms with E-state index in [1.165, 1.54) is 25.8 Å². The number of aryl methyl sites for hydroxylation is 2. The molecule has 132 valence electrons. The maximum atomic E-state index is 13.1. The summed E-state index contributed by atoms with van der Waals surface area (Å²) in [5.41, 5.74) is 3.78. The zero-order valence-electron chi connectivity index (χ0n) is 15.5. The highest BCUT2D eigenvalue weighted by atomic mass is 16.2. The molecule has 4 nitrogen and oxygen atoms in total. The Balaban J connectivity index is 1.54. The number of rotatable bonds is 2. The van der Waals surface area contributed by atoms with E-state index in [2.05, 4.69) is 35.9 Å². The number of benzene rings is 1. The Morgan fingerprint density at radius 3 is 2.72 bits per heavy atom. The maximum absolute atomic E-state index is 13.1. The molecule has 2 fully saturated rings. The molecule has 0 aliphatic carbocycles. The van der Waals surface area contributed by atoms with Crippen LogP contribution in [0.5, 0.6) is 0 Å². The quantitative estimate of drug-likeness (QED) is 0.841. The lowest BCUT2D eigenvalue weighted by atomic mass is 9.96. The summed E-state index contributed by atoms with van der Waals surface area (Å²) in [4.78, 5) is 22.3. The number of hydrogen-bond donors (Lipinski definition) is 0. The van der Waals surface area contributed by atoms with Crippen LogP contribution < -0.4 is 0 Å². The third kappa shape index (κ3) is 3.04. The molecule has 4 heteroatoms. The van der Waals surface area contributed by atoms with Gasteiger partial charge in [-0.05, 0) is 58.4 Å². The molecule has 0 saturated carbocycles. The number of nitrogens with zero attached hydrogens (tertiary/aromatic N) is 3. The number of carbonyl (C=O) groups is 1. The summed E-state index contributed by atoms with van der Waals surface area (Å²) in [6, 6.07) is 9.29. The predicted octanol–water partition coefficient (Wildman–Crippen LogP) is 3.55. The van der Waals surface area contributed by atoms with Crippen LogP contribution in [0.1, 0.15) is 47.8 Å². The molecule has 0 radical (unpaired) electrons. The number of pyridine rings is 1. The molecule has 1 amide bonds. The summed E-state index contributed by atoms with van der Waals surface area (Å²) in [5.74, 6) is 0.155. The van der Waals surface area contributed by atoms with Gasteiger partial charge in [-0.1, -0.05) is 18.1 Å². The largest absolute Gasteiger partial charge is 0.335 e. The minimum Gasteiger partial charge on any atom is -0.335 e. The van der Waals surface area contributed by atoms with Gasteiger partial charge < -0.3 is 4.90 Å². The van der Waals surface area contributed by atoms with Crippen LogP contribution in [0.2, 0.25) is 0 Å². The van der Waals surface area contributed by atoms with Gasteiger partial charge in [0.1, 0.15) is 0 Å². The van der Waals surface area contributed by atoms with Crippen molar-refractivity contribution >= 4 is 16.8 Å². The normalized spacial score (nSPS) is 22.2. The molecule has 25 heavy (non-hydrogen) atoms. The summed E-state index contributed by atoms with van der Waals surface area (Å²) in [6.45, 7) is 9.25. The Labute approximate surface area is 149 Å². The second kappa shape index (κ2) is 6.41. The summed E-state index contributed by atoms with van der Waals surface area (Å²) < 4.78 is 0. The van der Waals surface area contributed by atoms with Crippen molar-refractivity contribution in [3.05, 3.63) is 41.1 Å². The van der Waals surface area contributed by atoms with Crippen molar-refractivity contribution in [2.24, 2.45) is 0 Å². The smallest absolute Gasteiger partial charge is 0.254 e. The molecule has 2 aliphatic rings. The Kier molecular flexibility index (Phi) is 4.24. The van der Waals surface area contributed by atoms with Gasteiger partial charge in [-0.2, -0.15) is 0 Å². The number of piperidine rings is 1. The first kappa shape index (κ1) is 16.5. The first-order chi connectivity index (χ1) is 12.0. The van der Waals surface area contributed by atoms with Gasteiger partial charge in [0.15, 0.2) is 0 Å². The predicted molar refractivity (Wildman–Crippen MR) is 101 cm³/mol. The topological polar surface area (TPSA) is 36.4 Å². The van der Waals surface area contributed by atoms with Gasteiger partial charge in [-0.25, -0.2) is 0 Å². The van der Waals surface area contributed by atoms with Crippen molar-refractivity contribution in [2.45, 2.75) is 52.1 Å². The van der Waals surface area contributed by atoms with E-state index in [1.807, 2.05) is 24.0 Å². The van der Waals surface area contributed by atoms with Crippen LogP contribution in [-0.4, -0.2) is 52.4 Å². The first-order valence-corrected chi connectivity index (χ1v) is 9.46. The van der Waals surface area contributed by atoms with E-state index in [-0.39, 0.29) is 5.91 Å². The van der Waals surface area contributed by atoms with Crippen LogP contribution in [0.4, 0.5) is 0 Å². The first-order valence-electron chi connectivity index (χ1n) is 9.46. The maximum Gasteiger partial charge on any atom is 0.254 e. The molecular weight excluding hydrogens is 310 g/mol. The van der Waals surface area contributed by atoms with Gasteiger partial charge >= 0.3 is 0 Å². The molecule has 0 bridgehead atoms. The average Bonchev–Trinajstić information content (AvgIpc) is 2.55. The summed E-state index contributed by atoms with van der Waals surface area (Å²) >= 11 is 0. The molecular formula is C21H27N3O. The van der Waals surface area contributed by atoms with Gasteiger partial charge in [0.2, 0.25) is 0 Å². The monoisotopic (exact) mass is 337 g/mol. The highest BCUT2D eigenvalue weighted by molar-refractivity contribution is 6.06. The lowest BCUT2D eigenvalue weighted by Crippen LogP contribution is -2.63. The molecule has 1 atom stereocenters. The molecule has 2 saturated heterocycles. The Morgan fingerprint density at radius 1 is 1.16 bits per heavy atom. The Morgan fingerprint density at radius 2 is 1.96 bits per heavy atom. The van der Waals surface area contributed by atoms with Crippen LogP contribution in [0.3, 0.4) is 0 Å². The lowest BCUT2D eigenvalue weighted by Gasteiger charge is -2.49. The fraction of sp³-hybridized carbons (Fsp3) is 0.524. The van der Waals surface area contributed by atoms with Gasteiger partial charge in [0, 0.05) is 36.3 Å². The van der Waals surface area contributed by atoms with E-state index >= 15 is 0 Å². The second-order valence-electron chi connectivity index (χ2n) is 7.78. The summed E-state index contributed by atoms with van der Waals surface area (Å²) in [7, 11) is 0. The van der Waals surface area contributed by atoms with Crippen LogP contribution in [-0.2, 0) is 0 Å². The van der Waals surface area contributed by atoms with E-state index in [0.717, 1.165) is 40.8 Å². The molecule has 0 N–H and O–H groups in total. The van der Waals surface area contributed by atoms with Gasteiger partial charge in [-0.3, -0.25) is 14.7 Å². The zero-order valence-corrected chi connectivity index (χ0v) is 15.5. The van der Waals surface area contributed by atoms with Crippen molar-refractivity contribution in [1.82, 2.24) is 14.8 Å². The molecule has 3 heterocycles. The second-order valence-corrected chi connectivity index (χ2v) is 7.78. The zero-order chi connectivity index (χ0) is 17.6.